The first-order valence-electron chi connectivity index (χ1n) is 15.6. The Bertz CT molecular complexity index is 2390. The van der Waals surface area contributed by atoms with Gasteiger partial charge in [0.05, 0.1) is 0 Å². The van der Waals surface area contributed by atoms with Crippen molar-refractivity contribution in [2.24, 2.45) is 0 Å². The van der Waals surface area contributed by atoms with Gasteiger partial charge in [-0.05, 0) is 87.1 Å². The van der Waals surface area contributed by atoms with Crippen molar-refractivity contribution in [3.63, 3.8) is 0 Å². The lowest BCUT2D eigenvalue weighted by Crippen LogP contribution is -2.17. The lowest BCUT2D eigenvalue weighted by Gasteiger charge is -2.28. The summed E-state index contributed by atoms with van der Waals surface area (Å²) in [6.45, 7) is 4.67. The third kappa shape index (κ3) is 3.89. The van der Waals surface area contributed by atoms with E-state index in [1.807, 2.05) is 6.07 Å². The normalized spacial score (nSPS) is 13.3. The van der Waals surface area contributed by atoms with Crippen LogP contribution in [0.4, 0.5) is 17.1 Å². The maximum absolute atomic E-state index is 6.54. The van der Waals surface area contributed by atoms with Crippen LogP contribution in [0.15, 0.2) is 156 Å². The standard InChI is InChI=1S/C43H31NO/c1-43(2)39-27-32(23-24-35(39)37-25-26-38-36-16-8-9-18-40(36)45-42(38)41(37)43)44(30-13-4-3-5-14-30)31-21-19-29(20-22-31)34-17-10-12-28-11-6-7-15-33(28)34/h3-27H,1-2H3. The van der Waals surface area contributed by atoms with E-state index in [2.05, 4.69) is 164 Å². The minimum Gasteiger partial charge on any atom is -0.456 e. The van der Waals surface area contributed by atoms with Gasteiger partial charge in [0.25, 0.3) is 0 Å². The van der Waals surface area contributed by atoms with Gasteiger partial charge in [0.15, 0.2) is 0 Å². The maximum Gasteiger partial charge on any atom is 0.140 e. The van der Waals surface area contributed by atoms with E-state index in [0.29, 0.717) is 0 Å². The lowest BCUT2D eigenvalue weighted by molar-refractivity contribution is 0.620. The molecular weight excluding hydrogens is 546 g/mol. The first-order chi connectivity index (χ1) is 22.1. The van der Waals surface area contributed by atoms with Crippen molar-refractivity contribution in [3.05, 3.63) is 163 Å². The summed E-state index contributed by atoms with van der Waals surface area (Å²) < 4.78 is 6.54. The van der Waals surface area contributed by atoms with E-state index >= 15 is 0 Å². The molecule has 7 aromatic carbocycles. The predicted molar refractivity (Wildman–Crippen MR) is 189 cm³/mol. The molecule has 0 fully saturated rings. The van der Waals surface area contributed by atoms with Gasteiger partial charge in [0, 0.05) is 38.8 Å². The Labute approximate surface area is 262 Å². The topological polar surface area (TPSA) is 16.4 Å². The van der Waals surface area contributed by atoms with Crippen molar-refractivity contribution in [1.82, 2.24) is 0 Å². The molecule has 0 N–H and O–H groups in total. The number of rotatable bonds is 4. The number of nitrogens with zero attached hydrogens (tertiary/aromatic N) is 1. The predicted octanol–water partition coefficient (Wildman–Crippen LogP) is 12.2. The molecular formula is C43H31NO. The molecule has 45 heavy (non-hydrogen) atoms. The molecule has 8 aromatic rings. The van der Waals surface area contributed by atoms with Crippen molar-refractivity contribution < 1.29 is 4.42 Å². The highest BCUT2D eigenvalue weighted by atomic mass is 16.3. The third-order valence-electron chi connectivity index (χ3n) is 9.64. The second kappa shape index (κ2) is 9.70. The van der Waals surface area contributed by atoms with Gasteiger partial charge < -0.3 is 9.32 Å². The number of benzene rings is 7. The molecule has 0 bridgehead atoms. The zero-order valence-corrected chi connectivity index (χ0v) is 25.3. The summed E-state index contributed by atoms with van der Waals surface area (Å²) in [5.41, 5.74) is 12.7. The Kier molecular flexibility index (Phi) is 5.58. The van der Waals surface area contributed by atoms with E-state index in [1.165, 1.54) is 54.9 Å². The minimum atomic E-state index is -0.228. The average Bonchev–Trinajstić information content (AvgIpc) is 3.57. The van der Waals surface area contributed by atoms with Crippen LogP contribution in [0, 0.1) is 0 Å². The Morgan fingerprint density at radius 3 is 2.00 bits per heavy atom. The molecule has 214 valence electrons. The molecule has 0 atom stereocenters. The van der Waals surface area contributed by atoms with Crippen LogP contribution in [-0.4, -0.2) is 0 Å². The van der Waals surface area contributed by atoms with Crippen LogP contribution in [0.3, 0.4) is 0 Å². The van der Waals surface area contributed by atoms with Crippen molar-refractivity contribution in [3.8, 4) is 22.3 Å². The number of anilines is 3. The van der Waals surface area contributed by atoms with Crippen LogP contribution < -0.4 is 4.90 Å². The van der Waals surface area contributed by atoms with Gasteiger partial charge >= 0.3 is 0 Å². The van der Waals surface area contributed by atoms with Gasteiger partial charge in [-0.2, -0.15) is 0 Å². The number of fused-ring (bicyclic) bond motifs is 8. The van der Waals surface area contributed by atoms with Crippen molar-refractivity contribution in [2.45, 2.75) is 19.3 Å². The average molecular weight is 578 g/mol. The lowest BCUT2D eigenvalue weighted by atomic mass is 9.81. The van der Waals surface area contributed by atoms with Crippen LogP contribution >= 0.6 is 0 Å². The van der Waals surface area contributed by atoms with Gasteiger partial charge in [-0.3, -0.25) is 0 Å². The van der Waals surface area contributed by atoms with Crippen molar-refractivity contribution in [2.75, 3.05) is 4.90 Å². The fraction of sp³-hybridized carbons (Fsp3) is 0.0698. The van der Waals surface area contributed by atoms with Gasteiger partial charge in [0.1, 0.15) is 11.2 Å². The summed E-state index contributed by atoms with van der Waals surface area (Å²) in [6, 6.07) is 54.6. The van der Waals surface area contributed by atoms with E-state index in [1.54, 1.807) is 0 Å². The number of para-hydroxylation sites is 2. The van der Waals surface area contributed by atoms with Gasteiger partial charge in [-0.25, -0.2) is 0 Å². The summed E-state index contributed by atoms with van der Waals surface area (Å²) in [5, 5.41) is 4.88. The number of hydrogen-bond acceptors (Lipinski definition) is 2. The molecule has 2 heteroatoms. The van der Waals surface area contributed by atoms with Crippen LogP contribution in [0.25, 0.3) is 55.0 Å². The highest BCUT2D eigenvalue weighted by Gasteiger charge is 2.39. The van der Waals surface area contributed by atoms with Crippen molar-refractivity contribution >= 4 is 49.8 Å². The van der Waals surface area contributed by atoms with E-state index in [0.717, 1.165) is 28.2 Å². The van der Waals surface area contributed by atoms with Crippen molar-refractivity contribution in [1.29, 1.82) is 0 Å². The Morgan fingerprint density at radius 1 is 0.489 bits per heavy atom. The Morgan fingerprint density at radius 2 is 1.16 bits per heavy atom. The Hall–Kier alpha value is -5.60. The summed E-state index contributed by atoms with van der Waals surface area (Å²) in [6.07, 6.45) is 0. The summed E-state index contributed by atoms with van der Waals surface area (Å²) in [7, 11) is 0. The maximum atomic E-state index is 6.54. The zero-order chi connectivity index (χ0) is 30.1. The highest BCUT2D eigenvalue weighted by molar-refractivity contribution is 6.09. The van der Waals surface area contributed by atoms with Crippen LogP contribution in [0.2, 0.25) is 0 Å². The molecule has 1 heterocycles. The largest absolute Gasteiger partial charge is 0.456 e. The molecule has 1 aliphatic rings. The monoisotopic (exact) mass is 577 g/mol. The first-order valence-corrected chi connectivity index (χ1v) is 15.6. The van der Waals surface area contributed by atoms with Gasteiger partial charge in [-0.1, -0.05) is 117 Å². The van der Waals surface area contributed by atoms with E-state index < -0.39 is 0 Å². The minimum absolute atomic E-state index is 0.228. The molecule has 0 spiro atoms. The molecule has 0 aliphatic heterocycles. The van der Waals surface area contributed by atoms with E-state index in [4.69, 9.17) is 4.42 Å². The van der Waals surface area contributed by atoms with Crippen LogP contribution in [0.1, 0.15) is 25.0 Å². The molecule has 0 saturated heterocycles. The second-order valence-corrected chi connectivity index (χ2v) is 12.6. The first kappa shape index (κ1) is 25.9. The number of hydrogen-bond donors (Lipinski definition) is 0. The third-order valence-corrected chi connectivity index (χ3v) is 9.64. The molecule has 0 radical (unpaired) electrons. The SMILES string of the molecule is CC1(C)c2cc(N(c3ccccc3)c3ccc(-c4cccc5ccccc45)cc3)ccc2-c2ccc3c(oc4ccccc43)c21. The molecule has 0 unspecified atom stereocenters. The second-order valence-electron chi connectivity index (χ2n) is 12.6. The van der Waals surface area contributed by atoms with Crippen LogP contribution in [0.5, 0.6) is 0 Å². The van der Waals surface area contributed by atoms with E-state index in [9.17, 15) is 0 Å². The molecule has 9 rings (SSSR count). The quantitative estimate of drug-likeness (QED) is 0.207. The molecule has 0 saturated carbocycles. The number of furan rings is 1. The highest BCUT2D eigenvalue weighted by Crippen LogP contribution is 2.54. The molecule has 2 nitrogen and oxygen atoms in total. The fourth-order valence-electron chi connectivity index (χ4n) is 7.48. The van der Waals surface area contributed by atoms with Crippen LogP contribution in [-0.2, 0) is 5.41 Å². The zero-order valence-electron chi connectivity index (χ0n) is 25.3. The summed E-state index contributed by atoms with van der Waals surface area (Å²) in [5.74, 6) is 0. The molecule has 1 aromatic heterocycles. The van der Waals surface area contributed by atoms with E-state index in [-0.39, 0.29) is 5.41 Å². The van der Waals surface area contributed by atoms with Gasteiger partial charge in [-0.15, -0.1) is 0 Å². The summed E-state index contributed by atoms with van der Waals surface area (Å²) in [4.78, 5) is 2.36. The summed E-state index contributed by atoms with van der Waals surface area (Å²) >= 11 is 0. The smallest absolute Gasteiger partial charge is 0.140 e. The molecule has 1 aliphatic carbocycles. The van der Waals surface area contributed by atoms with Gasteiger partial charge in [0.2, 0.25) is 0 Å². The molecule has 0 amide bonds. The fourth-order valence-corrected chi connectivity index (χ4v) is 7.48. The Balaban J connectivity index is 1.17.